The van der Waals surface area contributed by atoms with E-state index in [0.29, 0.717) is 16.9 Å². The van der Waals surface area contributed by atoms with E-state index in [9.17, 15) is 9.59 Å². The van der Waals surface area contributed by atoms with Gasteiger partial charge >= 0.3 is 0 Å². The lowest BCUT2D eigenvalue weighted by Crippen LogP contribution is -2.37. The van der Waals surface area contributed by atoms with E-state index in [-0.39, 0.29) is 18.2 Å². The topological polar surface area (TPSA) is 71.6 Å². The summed E-state index contributed by atoms with van der Waals surface area (Å²) in [6.45, 7) is 0.181. The number of hydrogen-bond donors (Lipinski definition) is 1. The molecule has 0 radical (unpaired) electrons. The third kappa shape index (κ3) is 5.11. The van der Waals surface area contributed by atoms with Crippen LogP contribution in [0.25, 0.3) is 0 Å². The van der Waals surface area contributed by atoms with E-state index >= 15 is 0 Å². The average molecular weight is 374 g/mol. The zero-order chi connectivity index (χ0) is 19.8. The SMILES string of the molecule is COc1ccc(C(=O)C[n+]2ccc(C(=O)NN=Cc3ccccc3)cc2)cc1. The Bertz CT molecular complexity index is 966. The maximum absolute atomic E-state index is 12.3. The molecule has 0 aliphatic rings. The molecule has 1 aromatic heterocycles. The Kier molecular flexibility index (Phi) is 6.25. The third-order valence-corrected chi connectivity index (χ3v) is 4.07. The van der Waals surface area contributed by atoms with Gasteiger partial charge < -0.3 is 4.74 Å². The predicted octanol–water partition coefficient (Wildman–Crippen LogP) is 2.63. The molecule has 28 heavy (non-hydrogen) atoms. The summed E-state index contributed by atoms with van der Waals surface area (Å²) >= 11 is 0. The minimum atomic E-state index is -0.319. The average Bonchev–Trinajstić information content (AvgIpc) is 2.75. The first-order valence-corrected chi connectivity index (χ1v) is 8.70. The van der Waals surface area contributed by atoms with E-state index in [4.69, 9.17) is 4.74 Å². The Hall–Kier alpha value is -3.80. The first-order chi connectivity index (χ1) is 13.7. The van der Waals surface area contributed by atoms with Gasteiger partial charge in [0.15, 0.2) is 12.4 Å². The fourth-order valence-corrected chi connectivity index (χ4v) is 2.52. The van der Waals surface area contributed by atoms with Crippen LogP contribution in [-0.4, -0.2) is 25.0 Å². The van der Waals surface area contributed by atoms with E-state index in [1.165, 1.54) is 0 Å². The van der Waals surface area contributed by atoms with Gasteiger partial charge in [-0.15, -0.1) is 0 Å². The Balaban J connectivity index is 1.57. The number of methoxy groups -OCH3 is 1. The van der Waals surface area contributed by atoms with E-state index in [2.05, 4.69) is 10.5 Å². The molecule has 140 valence electrons. The molecule has 1 N–H and O–H groups in total. The highest BCUT2D eigenvalue weighted by molar-refractivity contribution is 5.95. The number of carbonyl (C=O) groups excluding carboxylic acids is 2. The molecule has 6 nitrogen and oxygen atoms in total. The van der Waals surface area contributed by atoms with Crippen molar-refractivity contribution >= 4 is 17.9 Å². The summed E-state index contributed by atoms with van der Waals surface area (Å²) in [6.07, 6.45) is 4.96. The molecule has 0 aliphatic heterocycles. The fourth-order valence-electron chi connectivity index (χ4n) is 2.52. The monoisotopic (exact) mass is 374 g/mol. The number of amides is 1. The van der Waals surface area contributed by atoms with Gasteiger partial charge in [-0.1, -0.05) is 30.3 Å². The highest BCUT2D eigenvalue weighted by Gasteiger charge is 2.13. The van der Waals surface area contributed by atoms with Crippen LogP contribution < -0.4 is 14.7 Å². The van der Waals surface area contributed by atoms with Gasteiger partial charge in [0.1, 0.15) is 5.75 Å². The molecular formula is C22H20N3O3+. The first kappa shape index (κ1) is 19.0. The van der Waals surface area contributed by atoms with Gasteiger partial charge in [0.25, 0.3) is 5.91 Å². The molecule has 1 amide bonds. The number of Topliss-reactive ketones (excluding diaryl/α,β-unsaturated/α-hetero) is 1. The molecule has 3 rings (SSSR count). The van der Waals surface area contributed by atoms with E-state index < -0.39 is 0 Å². The second-order valence-electron chi connectivity index (χ2n) is 6.02. The number of hydrogen-bond acceptors (Lipinski definition) is 4. The fraction of sp³-hybridized carbons (Fsp3) is 0.0909. The standard InChI is InChI=1S/C22H19N3O3/c1-28-20-9-7-18(8-10-20)21(26)16-25-13-11-19(12-14-25)22(27)24-23-15-17-5-3-2-4-6-17/h2-15H,16H2,1H3/p+1. The molecule has 1 heterocycles. The minimum absolute atomic E-state index is 0.0303. The van der Waals surface area contributed by atoms with Gasteiger partial charge in [-0.2, -0.15) is 9.67 Å². The summed E-state index contributed by atoms with van der Waals surface area (Å²) in [6, 6.07) is 19.7. The lowest BCUT2D eigenvalue weighted by atomic mass is 10.1. The number of rotatable bonds is 7. The summed E-state index contributed by atoms with van der Waals surface area (Å²) in [5, 5.41) is 3.95. The van der Waals surface area contributed by atoms with Crippen molar-refractivity contribution in [1.82, 2.24) is 5.43 Å². The summed E-state index contributed by atoms with van der Waals surface area (Å²) in [4.78, 5) is 24.5. The molecular weight excluding hydrogens is 354 g/mol. The van der Waals surface area contributed by atoms with Gasteiger partial charge in [0.05, 0.1) is 18.9 Å². The van der Waals surface area contributed by atoms with Gasteiger partial charge in [-0.05, 0) is 29.8 Å². The van der Waals surface area contributed by atoms with E-state index in [1.807, 2.05) is 30.3 Å². The molecule has 0 fully saturated rings. The highest BCUT2D eigenvalue weighted by atomic mass is 16.5. The lowest BCUT2D eigenvalue weighted by molar-refractivity contribution is -0.683. The number of pyridine rings is 1. The first-order valence-electron chi connectivity index (χ1n) is 8.70. The van der Waals surface area contributed by atoms with Crippen molar-refractivity contribution in [3.8, 4) is 5.75 Å². The number of ketones is 1. The Morgan fingerprint density at radius 2 is 1.64 bits per heavy atom. The molecule has 0 spiro atoms. The van der Waals surface area contributed by atoms with Crippen molar-refractivity contribution in [2.45, 2.75) is 6.54 Å². The van der Waals surface area contributed by atoms with E-state index in [0.717, 1.165) is 5.56 Å². The largest absolute Gasteiger partial charge is 0.497 e. The second-order valence-corrected chi connectivity index (χ2v) is 6.02. The molecule has 0 atom stereocenters. The van der Waals surface area contributed by atoms with Gasteiger partial charge in [0, 0.05) is 17.7 Å². The van der Waals surface area contributed by atoms with Crippen LogP contribution in [0.3, 0.4) is 0 Å². The molecule has 3 aromatic rings. The lowest BCUT2D eigenvalue weighted by Gasteiger charge is -2.02. The number of nitrogens with zero attached hydrogens (tertiary/aromatic N) is 2. The zero-order valence-corrected chi connectivity index (χ0v) is 15.4. The molecule has 0 bridgehead atoms. The number of nitrogens with one attached hydrogen (secondary N) is 1. The van der Waals surface area contributed by atoms with Crippen LogP contribution in [0, 0.1) is 0 Å². The third-order valence-electron chi connectivity index (χ3n) is 4.07. The van der Waals surface area contributed by atoms with Crippen LogP contribution in [-0.2, 0) is 6.54 Å². The summed E-state index contributed by atoms with van der Waals surface area (Å²) < 4.78 is 6.81. The van der Waals surface area contributed by atoms with Crippen molar-refractivity contribution in [1.29, 1.82) is 0 Å². The maximum Gasteiger partial charge on any atom is 0.271 e. The van der Waals surface area contributed by atoms with Crippen molar-refractivity contribution in [2.24, 2.45) is 5.10 Å². The molecule has 0 unspecified atom stereocenters. The quantitative estimate of drug-likeness (QED) is 0.299. The molecule has 0 saturated carbocycles. The molecule has 0 saturated heterocycles. The smallest absolute Gasteiger partial charge is 0.271 e. The highest BCUT2D eigenvalue weighted by Crippen LogP contribution is 2.11. The van der Waals surface area contributed by atoms with Crippen LogP contribution in [0.15, 0.2) is 84.2 Å². The number of benzene rings is 2. The van der Waals surface area contributed by atoms with Crippen LogP contribution in [0.1, 0.15) is 26.3 Å². The number of carbonyl (C=O) groups is 2. The van der Waals surface area contributed by atoms with Crippen molar-refractivity contribution in [2.75, 3.05) is 7.11 Å². The molecule has 2 aromatic carbocycles. The Labute approximate surface area is 163 Å². The predicted molar refractivity (Wildman–Crippen MR) is 105 cm³/mol. The van der Waals surface area contributed by atoms with Crippen LogP contribution >= 0.6 is 0 Å². The van der Waals surface area contributed by atoms with Crippen LogP contribution in [0.2, 0.25) is 0 Å². The van der Waals surface area contributed by atoms with Gasteiger partial charge in [-0.25, -0.2) is 5.43 Å². The normalized spacial score (nSPS) is 10.6. The van der Waals surface area contributed by atoms with Gasteiger partial charge in [0.2, 0.25) is 12.3 Å². The zero-order valence-electron chi connectivity index (χ0n) is 15.4. The minimum Gasteiger partial charge on any atom is -0.497 e. The van der Waals surface area contributed by atoms with Crippen molar-refractivity contribution in [3.05, 3.63) is 95.8 Å². The number of ether oxygens (including phenoxy) is 1. The summed E-state index contributed by atoms with van der Waals surface area (Å²) in [5.41, 5.74) is 4.44. The van der Waals surface area contributed by atoms with Crippen molar-refractivity contribution < 1.29 is 18.9 Å². The Morgan fingerprint density at radius 1 is 0.964 bits per heavy atom. The molecule has 0 aliphatic carbocycles. The number of aromatic nitrogens is 1. The van der Waals surface area contributed by atoms with Gasteiger partial charge in [-0.3, -0.25) is 9.59 Å². The number of hydrazone groups is 1. The van der Waals surface area contributed by atoms with Crippen LogP contribution in [0.5, 0.6) is 5.75 Å². The Morgan fingerprint density at radius 3 is 2.29 bits per heavy atom. The second kappa shape index (κ2) is 9.23. The van der Waals surface area contributed by atoms with Crippen LogP contribution in [0.4, 0.5) is 0 Å². The van der Waals surface area contributed by atoms with E-state index in [1.54, 1.807) is 66.7 Å². The summed E-state index contributed by atoms with van der Waals surface area (Å²) in [5.74, 6) is 0.354. The molecule has 6 heteroatoms. The summed E-state index contributed by atoms with van der Waals surface area (Å²) in [7, 11) is 1.58. The maximum atomic E-state index is 12.3. The van der Waals surface area contributed by atoms with Crippen molar-refractivity contribution in [3.63, 3.8) is 0 Å².